The molecule has 0 saturated carbocycles. The number of hydrogen-bond donors (Lipinski definition) is 1. The van der Waals surface area contributed by atoms with Gasteiger partial charge in [-0.15, -0.1) is 0 Å². The highest BCUT2D eigenvalue weighted by Gasteiger charge is 2.21. The average molecular weight is 495 g/mol. The first-order valence-corrected chi connectivity index (χ1v) is 12.1. The molecule has 4 aromatic rings. The molecule has 1 aliphatic heterocycles. The molecule has 1 fully saturated rings. The van der Waals surface area contributed by atoms with Crippen LogP contribution in [-0.2, 0) is 24.2 Å². The second-order valence-corrected chi connectivity index (χ2v) is 9.18. The Labute approximate surface area is 206 Å². The first-order chi connectivity index (χ1) is 16.9. The van der Waals surface area contributed by atoms with Crippen LogP contribution in [0.4, 0.5) is 0 Å². The smallest absolute Gasteiger partial charge is 0.331 e. The topological polar surface area (TPSA) is 95.4 Å². The average Bonchev–Trinajstić information content (AvgIpc) is 3.27. The van der Waals surface area contributed by atoms with Crippen LogP contribution in [0.2, 0.25) is 5.02 Å². The Morgan fingerprint density at radius 3 is 2.89 bits per heavy atom. The van der Waals surface area contributed by atoms with Crippen LogP contribution in [0.15, 0.2) is 52.6 Å². The third kappa shape index (κ3) is 4.67. The van der Waals surface area contributed by atoms with E-state index < -0.39 is 0 Å². The predicted octanol–water partition coefficient (Wildman–Crippen LogP) is 2.28. The highest BCUT2D eigenvalue weighted by Crippen LogP contribution is 2.33. The summed E-state index contributed by atoms with van der Waals surface area (Å²) in [6.07, 6.45) is 5.64. The van der Waals surface area contributed by atoms with Crippen LogP contribution in [0, 0.1) is 6.92 Å². The van der Waals surface area contributed by atoms with Gasteiger partial charge in [0.15, 0.2) is 0 Å². The van der Waals surface area contributed by atoms with Crippen molar-refractivity contribution in [1.29, 1.82) is 0 Å². The summed E-state index contributed by atoms with van der Waals surface area (Å²) in [6.45, 7) is 6.87. The minimum absolute atomic E-state index is 0.0632. The number of aromatic nitrogens is 5. The Kier molecular flexibility index (Phi) is 6.55. The van der Waals surface area contributed by atoms with Gasteiger partial charge in [-0.3, -0.25) is 9.36 Å². The lowest BCUT2D eigenvalue weighted by Crippen LogP contribution is -2.39. The Morgan fingerprint density at radius 1 is 1.26 bits per heavy atom. The lowest BCUT2D eigenvalue weighted by molar-refractivity contribution is 0.0292. The zero-order valence-electron chi connectivity index (χ0n) is 19.7. The number of nitrogens with one attached hydrogen (secondary N) is 1. The van der Waals surface area contributed by atoms with Crippen LogP contribution in [-0.4, -0.2) is 49.5 Å². The summed E-state index contributed by atoms with van der Waals surface area (Å²) >= 11 is 6.47. The fraction of sp³-hybridized carbons (Fsp3) is 0.360. The predicted molar refractivity (Wildman–Crippen MR) is 134 cm³/mol. The number of morpholine rings is 1. The molecule has 0 amide bonds. The molecule has 0 bridgehead atoms. The first kappa shape index (κ1) is 23.5. The minimum atomic E-state index is -0.338. The van der Waals surface area contributed by atoms with E-state index in [4.69, 9.17) is 16.3 Å². The molecule has 10 heteroatoms. The van der Waals surface area contributed by atoms with E-state index in [0.29, 0.717) is 18.2 Å². The fourth-order valence-electron chi connectivity index (χ4n) is 4.64. The molecule has 35 heavy (non-hydrogen) atoms. The number of benzene rings is 1. The van der Waals surface area contributed by atoms with E-state index in [1.54, 1.807) is 4.52 Å². The summed E-state index contributed by atoms with van der Waals surface area (Å²) in [4.78, 5) is 29.7. The molecule has 3 aromatic heterocycles. The number of nitrogens with zero attached hydrogens (tertiary/aromatic N) is 5. The summed E-state index contributed by atoms with van der Waals surface area (Å²) in [6, 6.07) is 7.22. The van der Waals surface area contributed by atoms with Gasteiger partial charge in [-0.05, 0) is 48.7 Å². The molecule has 1 saturated heterocycles. The molecule has 1 N–H and O–H groups in total. The lowest BCUT2D eigenvalue weighted by Gasteiger charge is -2.25. The Morgan fingerprint density at radius 2 is 2.11 bits per heavy atom. The summed E-state index contributed by atoms with van der Waals surface area (Å²) < 4.78 is 10.4. The van der Waals surface area contributed by atoms with Crippen LogP contribution in [0.1, 0.15) is 23.6 Å². The zero-order chi connectivity index (χ0) is 24.5. The molecule has 1 aliphatic rings. The van der Waals surface area contributed by atoms with Crippen LogP contribution in [0.5, 0.6) is 0 Å². The maximum absolute atomic E-state index is 12.7. The van der Waals surface area contributed by atoms with E-state index >= 15 is 0 Å². The standard InChI is InChI=1S/C25H27ClN6O3/c1-3-30-6-4-23(33)31(25(30)34)13-17-9-22-24(28-15-29-32(22)14-17)21-10-18(26)8-16(2)20(21)11-19-12-27-5-7-35-19/h4,6,8-10,14-15,19,27H,3,5,7,11-13H2,1-2H3. The molecule has 0 aliphatic carbocycles. The number of fused-ring (bicyclic) bond motifs is 1. The molecule has 1 atom stereocenters. The second kappa shape index (κ2) is 9.77. The SMILES string of the molecule is CCn1ccc(=O)n(Cc2cc3c(-c4cc(Cl)cc(C)c4CC4CNCCO4)ncnn3c2)c1=O. The molecular weight excluding hydrogens is 468 g/mol. The van der Waals surface area contributed by atoms with Crippen molar-refractivity contribution in [3.05, 3.63) is 85.5 Å². The first-order valence-electron chi connectivity index (χ1n) is 11.7. The monoisotopic (exact) mass is 494 g/mol. The van der Waals surface area contributed by atoms with Crippen molar-refractivity contribution >= 4 is 17.1 Å². The highest BCUT2D eigenvalue weighted by molar-refractivity contribution is 6.31. The number of halogens is 1. The molecule has 1 aromatic carbocycles. The fourth-order valence-corrected chi connectivity index (χ4v) is 4.91. The summed E-state index contributed by atoms with van der Waals surface area (Å²) in [5.74, 6) is 0. The molecular formula is C25H27ClN6O3. The van der Waals surface area contributed by atoms with Crippen molar-refractivity contribution < 1.29 is 4.74 Å². The maximum Gasteiger partial charge on any atom is 0.331 e. The largest absolute Gasteiger partial charge is 0.375 e. The number of rotatable bonds is 6. The van der Waals surface area contributed by atoms with Crippen LogP contribution < -0.4 is 16.6 Å². The minimum Gasteiger partial charge on any atom is -0.375 e. The van der Waals surface area contributed by atoms with Gasteiger partial charge in [0.25, 0.3) is 5.56 Å². The second-order valence-electron chi connectivity index (χ2n) is 8.75. The molecule has 9 nitrogen and oxygen atoms in total. The van der Waals surface area contributed by atoms with Gasteiger partial charge in [-0.2, -0.15) is 5.10 Å². The van der Waals surface area contributed by atoms with Crippen molar-refractivity contribution in [2.45, 2.75) is 39.5 Å². The quantitative estimate of drug-likeness (QED) is 0.442. The van der Waals surface area contributed by atoms with Crippen molar-refractivity contribution in [2.75, 3.05) is 19.7 Å². The van der Waals surface area contributed by atoms with Gasteiger partial charge in [-0.25, -0.2) is 14.3 Å². The molecule has 182 valence electrons. The van der Waals surface area contributed by atoms with Gasteiger partial charge >= 0.3 is 5.69 Å². The van der Waals surface area contributed by atoms with Gasteiger partial charge in [0, 0.05) is 55.1 Å². The van der Waals surface area contributed by atoms with Crippen molar-refractivity contribution in [3.8, 4) is 11.3 Å². The van der Waals surface area contributed by atoms with Gasteiger partial charge < -0.3 is 14.6 Å². The summed E-state index contributed by atoms with van der Waals surface area (Å²) in [5.41, 5.74) is 4.73. The third-order valence-electron chi connectivity index (χ3n) is 6.41. The molecule has 0 radical (unpaired) electrons. The Balaban J connectivity index is 1.58. The van der Waals surface area contributed by atoms with Crippen LogP contribution in [0.25, 0.3) is 16.8 Å². The molecule has 0 spiro atoms. The van der Waals surface area contributed by atoms with Crippen LogP contribution >= 0.6 is 11.6 Å². The lowest BCUT2D eigenvalue weighted by atomic mass is 9.94. The van der Waals surface area contributed by atoms with Crippen molar-refractivity contribution in [3.63, 3.8) is 0 Å². The highest BCUT2D eigenvalue weighted by atomic mass is 35.5. The van der Waals surface area contributed by atoms with E-state index in [0.717, 1.165) is 53.0 Å². The number of ether oxygens (including phenoxy) is 1. The van der Waals surface area contributed by atoms with Gasteiger partial charge in [0.2, 0.25) is 0 Å². The molecule has 1 unspecified atom stereocenters. The third-order valence-corrected chi connectivity index (χ3v) is 6.63. The van der Waals surface area contributed by atoms with Gasteiger partial charge in [0.1, 0.15) is 6.33 Å². The Bertz CT molecular complexity index is 1500. The van der Waals surface area contributed by atoms with E-state index in [9.17, 15) is 9.59 Å². The molecule has 4 heterocycles. The summed E-state index contributed by atoms with van der Waals surface area (Å²) in [5, 5.41) is 8.38. The number of hydrogen-bond acceptors (Lipinski definition) is 6. The van der Waals surface area contributed by atoms with E-state index in [2.05, 4.69) is 15.4 Å². The zero-order valence-corrected chi connectivity index (χ0v) is 20.5. The maximum atomic E-state index is 12.7. The van der Waals surface area contributed by atoms with Crippen LogP contribution in [0.3, 0.4) is 0 Å². The van der Waals surface area contributed by atoms with E-state index in [1.807, 2.05) is 38.2 Å². The van der Waals surface area contributed by atoms with Gasteiger partial charge in [-0.1, -0.05) is 11.6 Å². The van der Waals surface area contributed by atoms with Crippen molar-refractivity contribution in [2.24, 2.45) is 0 Å². The normalized spacial score (nSPS) is 16.1. The molecule has 5 rings (SSSR count). The van der Waals surface area contributed by atoms with Crippen molar-refractivity contribution in [1.82, 2.24) is 29.0 Å². The van der Waals surface area contributed by atoms with E-state index in [1.165, 1.54) is 27.7 Å². The van der Waals surface area contributed by atoms with E-state index in [-0.39, 0.29) is 23.9 Å². The van der Waals surface area contributed by atoms with Gasteiger partial charge in [0.05, 0.1) is 30.5 Å². The number of aryl methyl sites for hydroxylation is 2. The summed E-state index contributed by atoms with van der Waals surface area (Å²) in [7, 11) is 0. The Hall–Kier alpha value is -3.27.